The van der Waals surface area contributed by atoms with Crippen LogP contribution in [0.4, 0.5) is 0 Å². The van der Waals surface area contributed by atoms with Crippen LogP contribution in [0, 0.1) is 30.1 Å². The van der Waals surface area contributed by atoms with Gasteiger partial charge in [-0.1, -0.05) is 148 Å². The maximum Gasteiger partial charge on any atom is 0.245 e. The molecule has 0 unspecified atom stereocenters. The van der Waals surface area contributed by atoms with E-state index in [9.17, 15) is 38.7 Å². The van der Waals surface area contributed by atoms with Crippen molar-refractivity contribution in [1.29, 1.82) is 0 Å². The number of ketones is 4. The molecule has 2 heterocycles. The number of carbonyl (C=O) groups is 15. The van der Waals surface area contributed by atoms with E-state index in [4.69, 9.17) is 21.9 Å². The minimum absolute atomic E-state index is 0.0807. The van der Waals surface area contributed by atoms with Crippen molar-refractivity contribution in [2.24, 2.45) is 40.4 Å². The largest absolute Gasteiger partial charge is 0.492 e. The van der Waals surface area contributed by atoms with Gasteiger partial charge >= 0.3 is 0 Å². The molecule has 1 aromatic heterocycles. The van der Waals surface area contributed by atoms with Gasteiger partial charge in [-0.3, -0.25) is 67.1 Å². The van der Waals surface area contributed by atoms with E-state index < -0.39 is 165 Å². The van der Waals surface area contributed by atoms with Gasteiger partial charge in [-0.15, -0.1) is 0 Å². The molecule has 13 atom stereocenters. The number of hydrogen-bond acceptors (Lipinski definition) is 22. The Morgan fingerprint density at radius 3 is 1.92 bits per heavy atom. The lowest BCUT2D eigenvalue weighted by Crippen LogP contribution is -2.63. The fourth-order valence-electron chi connectivity index (χ4n) is 16.4. The molecule has 0 spiro atoms. The molecule has 1 saturated heterocycles. The summed E-state index contributed by atoms with van der Waals surface area (Å²) in [7, 11) is 2.05. The fourth-order valence-corrected chi connectivity index (χ4v) is 19.3. The van der Waals surface area contributed by atoms with Crippen LogP contribution in [0.15, 0.2) is 91.1 Å². The molecule has 34 heteroatoms. The summed E-state index contributed by atoms with van der Waals surface area (Å²) in [6, 6.07) is 13.3. The first-order chi connectivity index (χ1) is 62.0. The third-order valence-electron chi connectivity index (χ3n) is 23.7. The Morgan fingerprint density at radius 2 is 1.27 bits per heavy atom. The second-order valence-electron chi connectivity index (χ2n) is 36.9. The molecule has 0 bridgehead atoms. The highest BCUT2D eigenvalue weighted by Gasteiger charge is 2.47. The van der Waals surface area contributed by atoms with Crippen molar-refractivity contribution in [2.45, 2.75) is 308 Å². The summed E-state index contributed by atoms with van der Waals surface area (Å²) in [4.78, 5) is 222. The lowest BCUT2D eigenvalue weighted by molar-refractivity contribution is -0.139. The highest BCUT2D eigenvalue weighted by Crippen LogP contribution is 2.47. The molecule has 0 radical (unpaired) electrons. The molecule has 5 aromatic rings. The third-order valence-corrected chi connectivity index (χ3v) is 28.0. The Labute approximate surface area is 779 Å². The van der Waals surface area contributed by atoms with Gasteiger partial charge < -0.3 is 95.3 Å². The van der Waals surface area contributed by atoms with E-state index >= 15 is 38.4 Å². The van der Waals surface area contributed by atoms with Crippen LogP contribution in [0.5, 0.6) is 5.75 Å². The Kier molecular flexibility index (Phi) is 45.3. The highest BCUT2D eigenvalue weighted by atomic mass is 33.1. The van der Waals surface area contributed by atoms with Crippen molar-refractivity contribution in [1.82, 2.24) is 63.5 Å². The number of aryl methyl sites for hydroxylation is 1. The number of nitrogens with one attached hydrogen (secondary N) is 12. The van der Waals surface area contributed by atoms with Gasteiger partial charge in [0.2, 0.25) is 65.0 Å². The van der Waals surface area contributed by atoms with Crippen LogP contribution in [0.1, 0.15) is 234 Å². The lowest BCUT2D eigenvalue weighted by Gasteiger charge is -2.39. The topological polar surface area (TPSA) is 512 Å². The number of aromatic amines is 1. The molecule has 11 amide bonds. The number of para-hydroxylation sites is 1. The first-order valence-corrected chi connectivity index (χ1v) is 48.3. The van der Waals surface area contributed by atoms with Crippen LogP contribution >= 0.6 is 21.6 Å². The highest BCUT2D eigenvalue weighted by molar-refractivity contribution is 8.77. The summed E-state index contributed by atoms with van der Waals surface area (Å²) in [6.45, 7) is 23.8. The van der Waals surface area contributed by atoms with Crippen LogP contribution in [-0.4, -0.2) is 208 Å². The van der Waals surface area contributed by atoms with E-state index in [1.165, 1.54) is 34.6 Å². The van der Waals surface area contributed by atoms with Crippen molar-refractivity contribution in [3.8, 4) is 5.75 Å². The van der Waals surface area contributed by atoms with Crippen LogP contribution < -0.4 is 80.4 Å². The van der Waals surface area contributed by atoms with E-state index in [0.29, 0.717) is 85.4 Å². The predicted molar refractivity (Wildman–Crippen MR) is 512 cm³/mol. The van der Waals surface area contributed by atoms with Crippen molar-refractivity contribution in [3.05, 3.63) is 113 Å². The molecule has 19 N–H and O–H groups in total. The summed E-state index contributed by atoms with van der Waals surface area (Å²) in [5.74, 6) is -11.2. The molecular formula is C97H145N15O17S2. The van der Waals surface area contributed by atoms with Crippen molar-refractivity contribution in [2.75, 3.05) is 39.3 Å². The maximum absolute atomic E-state index is 16.6. The molecule has 0 saturated carbocycles. The molecule has 32 nitrogen and oxygen atoms in total. The number of primary amides is 1. The van der Waals surface area contributed by atoms with E-state index in [2.05, 4.69) is 84.2 Å². The number of nitrogens with two attached hydrogens (primary N) is 3. The van der Waals surface area contributed by atoms with Gasteiger partial charge in [0.15, 0.2) is 17.3 Å². The zero-order chi connectivity index (χ0) is 96.9. The Balaban J connectivity index is 1.54. The van der Waals surface area contributed by atoms with E-state index in [0.717, 1.165) is 62.7 Å². The fraction of sp³-hybridized carbons (Fsp3) is 0.598. The van der Waals surface area contributed by atoms with Crippen molar-refractivity contribution in [3.63, 3.8) is 0 Å². The van der Waals surface area contributed by atoms with Crippen LogP contribution in [-0.2, 0) is 91.2 Å². The van der Waals surface area contributed by atoms with Gasteiger partial charge in [0.05, 0.1) is 23.6 Å². The molecule has 4 aromatic carbocycles. The Bertz CT molecular complexity index is 4690. The normalized spacial score (nSPS) is 19.4. The van der Waals surface area contributed by atoms with Gasteiger partial charge in [-0.25, -0.2) is 0 Å². The average molecular weight is 1860 g/mol. The van der Waals surface area contributed by atoms with E-state index in [1.807, 2.05) is 67.6 Å². The van der Waals surface area contributed by atoms with Crippen LogP contribution in [0.2, 0.25) is 0 Å². The summed E-state index contributed by atoms with van der Waals surface area (Å²) < 4.78 is 2.89. The molecule has 722 valence electrons. The molecule has 0 aliphatic carbocycles. The lowest BCUT2D eigenvalue weighted by atomic mass is 9.77. The number of aromatic nitrogens is 1. The first-order valence-electron chi connectivity index (χ1n) is 46.2. The standard InChI is InChI=1S/C97H145N15O17S2/c1-15-26-72(47-58(2)3)103-56-67(52-83(100)121)51-80(118)75(32-21-24-44-101-62(7)115)110-94(128)97(14,41-22-23-42-98)55-82(120)78(50-66-34-37-68-29-19-20-30-69(68)49-66)108-88(122)70(48-65-35-38-73(39-36-65)129-46-43-99)54-81(119)86-95(10,11)130-131-96(12,13)87(105-64(9)117)93(127)107-77(40-45-102-63(8)116)89(123)111-85(61(6)114)92(126)109-79(53-71-57-104-84-59(4)27-25-31-74(71)84)91(125)106-76(90(124)112-86)33-18-16-17-28-60(5)113/h19-20,25,27,29-31,34-39,49,57-58,61,67,70,72,75-79,85-87,103-104,114H,15-18,21-24,26,28,32-33,40-48,50-56,98-99H2,1-14H3,(H2,100,121)(H,101,115)(H,102,116)(H,105,117)(H,106,125)(H,107,127)(H,108,122)(H,109,126)(H,110,128)(H,111,123)(H,112,124)/t61-,67+,70-,72+,75+,76+,77+,78+,79+,85+,86-,87-,97-/m1/s1. The summed E-state index contributed by atoms with van der Waals surface area (Å²) in [5, 5.41) is 45.5. The number of aliphatic hydroxyl groups is 1. The smallest absolute Gasteiger partial charge is 0.245 e. The van der Waals surface area contributed by atoms with Crippen LogP contribution in [0.3, 0.4) is 0 Å². The second-order valence-corrected chi connectivity index (χ2v) is 40.4. The Morgan fingerprint density at radius 1 is 0.618 bits per heavy atom. The molecule has 1 aliphatic heterocycles. The van der Waals surface area contributed by atoms with E-state index in [-0.39, 0.29) is 120 Å². The van der Waals surface area contributed by atoms with Gasteiger partial charge in [0.1, 0.15) is 54.4 Å². The maximum atomic E-state index is 16.6. The van der Waals surface area contributed by atoms with Gasteiger partial charge in [0, 0.05) is 117 Å². The number of hydrogen-bond donors (Lipinski definition) is 16. The molecule has 6 rings (SSSR count). The number of benzene rings is 4. The summed E-state index contributed by atoms with van der Waals surface area (Å²) in [6.07, 6.45) is 3.28. The monoisotopic (exact) mass is 1860 g/mol. The number of fused-ring (bicyclic) bond motifs is 2. The van der Waals surface area contributed by atoms with Crippen molar-refractivity contribution >= 4 is 131 Å². The number of amides is 11. The zero-order valence-corrected chi connectivity index (χ0v) is 80.6. The van der Waals surface area contributed by atoms with Crippen LogP contribution in [0.25, 0.3) is 21.7 Å². The van der Waals surface area contributed by atoms with Crippen molar-refractivity contribution < 1.29 is 81.8 Å². The van der Waals surface area contributed by atoms with Gasteiger partial charge in [-0.2, -0.15) is 0 Å². The second kappa shape index (κ2) is 54.1. The SMILES string of the molecule is CCC[C@@H](CC(C)C)NC[C@H](CC(N)=O)CC(=O)[C@H](CCCCNC(C)=O)NC(=O)[C@](C)(CCCCN)CC(=O)[C@H](Cc1ccc2ccccc2c1)NC(=O)[C@@H](CC(=O)[C@H]1NC(=O)[C@H](CCCCCC(C)=O)NC(=O)[C@H](Cc2c[nH]c3c(C)cccc23)NC(=O)[C@H]([C@@H](C)O)NC(=O)[C@H](CCNC(C)=O)NC(=O)[C@@H](NC(C)=O)C(C)(C)SSC1(C)C)Cc1ccc(OCCN)cc1. The molecule has 1 fully saturated rings. The van der Waals surface area contributed by atoms with Gasteiger partial charge in [-0.05, 0) is 196 Å². The average Bonchev–Trinajstić information content (AvgIpc) is 1.49. The minimum Gasteiger partial charge on any atom is -0.492 e. The molecule has 131 heavy (non-hydrogen) atoms. The first kappa shape index (κ1) is 110. The quantitative estimate of drug-likeness (QED) is 0.0132. The molecule has 1 aliphatic rings. The number of rotatable bonds is 51. The molecular weight excluding hydrogens is 1710 g/mol. The number of Topliss-reactive ketones (excluding diaryl/α,β-unsaturated/α-hetero) is 4. The number of aliphatic hydroxyl groups excluding tert-OH is 1. The summed E-state index contributed by atoms with van der Waals surface area (Å²) in [5.41, 5.74) is 19.5. The predicted octanol–water partition coefficient (Wildman–Crippen LogP) is 7.52. The summed E-state index contributed by atoms with van der Waals surface area (Å²) >= 11 is 0. The van der Waals surface area contributed by atoms with E-state index in [1.54, 1.807) is 65.1 Å². The number of carbonyl (C=O) groups excluding carboxylic acids is 15. The van der Waals surface area contributed by atoms with Gasteiger partial charge in [0.25, 0.3) is 0 Å². The number of unbranched alkanes of at least 4 members (excludes halogenated alkanes) is 4. The number of ether oxygens (including phenoxy) is 1. The third kappa shape index (κ3) is 36.8. The minimum atomic E-state index is -1.82. The zero-order valence-electron chi connectivity index (χ0n) is 79.0. The number of H-pyrrole nitrogens is 1. The Hall–Kier alpha value is -10.1.